The first-order valence-corrected chi connectivity index (χ1v) is 8.44. The molecule has 2 aromatic rings. The molecule has 0 amide bonds. The molecule has 0 radical (unpaired) electrons. The van der Waals surface area contributed by atoms with Crippen molar-refractivity contribution in [3.05, 3.63) is 30.1 Å². The maximum Gasteiger partial charge on any atom is 0.209 e. The number of thioether (sulfide) groups is 1. The minimum Gasteiger partial charge on any atom is -0.366 e. The minimum absolute atomic E-state index is 0.151. The van der Waals surface area contributed by atoms with E-state index in [-0.39, 0.29) is 5.82 Å². The number of nitrogens with zero attached hydrogens (tertiary/aromatic N) is 4. The lowest BCUT2D eigenvalue weighted by Crippen LogP contribution is -2.46. The second kappa shape index (κ2) is 5.97. The van der Waals surface area contributed by atoms with Gasteiger partial charge in [0.2, 0.25) is 5.13 Å². The van der Waals surface area contributed by atoms with Gasteiger partial charge >= 0.3 is 0 Å². The molecule has 1 fully saturated rings. The van der Waals surface area contributed by atoms with Gasteiger partial charge in [0.25, 0.3) is 0 Å². The molecule has 0 atom stereocenters. The molecule has 1 aromatic heterocycles. The van der Waals surface area contributed by atoms with Crippen molar-refractivity contribution in [3.63, 3.8) is 0 Å². The zero-order valence-electron chi connectivity index (χ0n) is 11.1. The molecule has 1 aliphatic rings. The van der Waals surface area contributed by atoms with Crippen molar-refractivity contribution in [2.75, 3.05) is 42.2 Å². The lowest BCUT2D eigenvalue weighted by atomic mass is 10.2. The van der Waals surface area contributed by atoms with Gasteiger partial charge in [-0.05, 0) is 18.4 Å². The molecule has 0 N–H and O–H groups in total. The van der Waals surface area contributed by atoms with Crippen molar-refractivity contribution in [1.29, 1.82) is 0 Å². The summed E-state index contributed by atoms with van der Waals surface area (Å²) in [5, 5.41) is 9.29. The number of piperazine rings is 1. The van der Waals surface area contributed by atoms with E-state index in [1.165, 1.54) is 6.07 Å². The van der Waals surface area contributed by atoms with E-state index in [0.29, 0.717) is 5.69 Å². The zero-order chi connectivity index (χ0) is 13.9. The topological polar surface area (TPSA) is 32.3 Å². The quantitative estimate of drug-likeness (QED) is 0.814. The van der Waals surface area contributed by atoms with Crippen LogP contribution in [0.1, 0.15) is 0 Å². The fraction of sp³-hybridized carbons (Fsp3) is 0.385. The predicted octanol–water partition coefficient (Wildman–Crippen LogP) is 2.73. The summed E-state index contributed by atoms with van der Waals surface area (Å²) in [6, 6.07) is 6.94. The summed E-state index contributed by atoms with van der Waals surface area (Å²) in [7, 11) is 0. The van der Waals surface area contributed by atoms with Crippen molar-refractivity contribution in [3.8, 4) is 0 Å². The Morgan fingerprint density at radius 1 is 1.10 bits per heavy atom. The van der Waals surface area contributed by atoms with Gasteiger partial charge in [-0.3, -0.25) is 0 Å². The third kappa shape index (κ3) is 2.73. The molecule has 4 nitrogen and oxygen atoms in total. The molecule has 7 heteroatoms. The van der Waals surface area contributed by atoms with Crippen molar-refractivity contribution < 1.29 is 4.39 Å². The number of rotatable bonds is 3. The van der Waals surface area contributed by atoms with Gasteiger partial charge in [0.1, 0.15) is 5.82 Å². The van der Waals surface area contributed by atoms with Crippen molar-refractivity contribution in [2.24, 2.45) is 0 Å². The van der Waals surface area contributed by atoms with Crippen LogP contribution in [0.3, 0.4) is 0 Å². The maximum atomic E-state index is 13.8. The normalized spacial score (nSPS) is 15.7. The number of hydrogen-bond donors (Lipinski definition) is 0. The third-order valence-corrected chi connectivity index (χ3v) is 5.27. The van der Waals surface area contributed by atoms with Gasteiger partial charge in [0.05, 0.1) is 5.69 Å². The van der Waals surface area contributed by atoms with Gasteiger partial charge in [0.15, 0.2) is 4.34 Å². The summed E-state index contributed by atoms with van der Waals surface area (Å²) in [5.41, 5.74) is 0.689. The number of halogens is 1. The summed E-state index contributed by atoms with van der Waals surface area (Å²) in [6.45, 7) is 3.29. The highest BCUT2D eigenvalue weighted by Gasteiger charge is 2.21. The summed E-state index contributed by atoms with van der Waals surface area (Å²) in [5.74, 6) is -0.151. The molecule has 0 aliphatic carbocycles. The molecule has 3 rings (SSSR count). The molecule has 0 bridgehead atoms. The van der Waals surface area contributed by atoms with Crippen LogP contribution in [0.2, 0.25) is 0 Å². The Hall–Kier alpha value is -1.34. The standard InChI is InChI=1S/C13H15FN4S2/c1-19-13-16-15-12(20-13)18-8-6-17(7-9-18)11-5-3-2-4-10(11)14/h2-5H,6-9H2,1H3. The fourth-order valence-electron chi connectivity index (χ4n) is 2.26. The smallest absolute Gasteiger partial charge is 0.209 e. The van der Waals surface area contributed by atoms with Gasteiger partial charge in [-0.1, -0.05) is 35.2 Å². The van der Waals surface area contributed by atoms with Crippen LogP contribution in [0.5, 0.6) is 0 Å². The Morgan fingerprint density at radius 2 is 1.80 bits per heavy atom. The SMILES string of the molecule is CSc1nnc(N2CCN(c3ccccc3F)CC2)s1. The Balaban J connectivity index is 1.66. The van der Waals surface area contributed by atoms with Crippen LogP contribution in [-0.4, -0.2) is 42.6 Å². The van der Waals surface area contributed by atoms with Crippen molar-refractivity contribution in [2.45, 2.75) is 4.34 Å². The molecule has 2 heterocycles. The predicted molar refractivity (Wildman–Crippen MR) is 82.5 cm³/mol. The van der Waals surface area contributed by atoms with Crippen LogP contribution in [0.25, 0.3) is 0 Å². The van der Waals surface area contributed by atoms with Crippen molar-refractivity contribution >= 4 is 33.9 Å². The van der Waals surface area contributed by atoms with Gasteiger partial charge in [-0.25, -0.2) is 4.39 Å². The third-order valence-electron chi connectivity index (χ3n) is 3.31. The first kappa shape index (κ1) is 13.6. The molecule has 106 valence electrons. The van der Waals surface area contributed by atoms with Crippen LogP contribution in [-0.2, 0) is 0 Å². The largest absolute Gasteiger partial charge is 0.366 e. The number of para-hydroxylation sites is 1. The van der Waals surface area contributed by atoms with Crippen LogP contribution >= 0.6 is 23.1 Å². The van der Waals surface area contributed by atoms with E-state index in [0.717, 1.165) is 35.7 Å². The maximum absolute atomic E-state index is 13.8. The summed E-state index contributed by atoms with van der Waals surface area (Å²) in [6.07, 6.45) is 2.00. The van der Waals surface area contributed by atoms with Crippen LogP contribution in [0.15, 0.2) is 28.6 Å². The minimum atomic E-state index is -0.151. The summed E-state index contributed by atoms with van der Waals surface area (Å²) in [4.78, 5) is 4.30. The van der Waals surface area contributed by atoms with Gasteiger partial charge in [-0.2, -0.15) is 0 Å². The van der Waals surface area contributed by atoms with Gasteiger partial charge in [0, 0.05) is 26.2 Å². The highest BCUT2D eigenvalue weighted by atomic mass is 32.2. The lowest BCUT2D eigenvalue weighted by Gasteiger charge is -2.35. The highest BCUT2D eigenvalue weighted by Crippen LogP contribution is 2.28. The number of aromatic nitrogens is 2. The first-order chi connectivity index (χ1) is 9.78. The zero-order valence-corrected chi connectivity index (χ0v) is 12.8. The number of hydrogen-bond acceptors (Lipinski definition) is 6. The average Bonchev–Trinajstić information content (AvgIpc) is 2.97. The fourth-order valence-corrected chi connectivity index (χ4v) is 3.57. The highest BCUT2D eigenvalue weighted by molar-refractivity contribution is 8.00. The Morgan fingerprint density at radius 3 is 2.45 bits per heavy atom. The first-order valence-electron chi connectivity index (χ1n) is 6.40. The van der Waals surface area contributed by atoms with Gasteiger partial charge < -0.3 is 9.80 Å². The molecule has 1 saturated heterocycles. The second-order valence-electron chi connectivity index (χ2n) is 4.48. The molecular formula is C13H15FN4S2. The summed E-state index contributed by atoms with van der Waals surface area (Å²) >= 11 is 3.22. The number of benzene rings is 1. The average molecular weight is 310 g/mol. The van der Waals surface area contributed by atoms with E-state index in [1.54, 1.807) is 29.2 Å². The lowest BCUT2D eigenvalue weighted by molar-refractivity contribution is 0.597. The second-order valence-corrected chi connectivity index (χ2v) is 6.49. The molecule has 1 aromatic carbocycles. The number of anilines is 2. The van der Waals surface area contributed by atoms with Gasteiger partial charge in [-0.15, -0.1) is 10.2 Å². The Bertz CT molecular complexity index is 581. The van der Waals surface area contributed by atoms with Crippen LogP contribution in [0.4, 0.5) is 15.2 Å². The molecule has 0 spiro atoms. The molecule has 0 saturated carbocycles. The summed E-state index contributed by atoms with van der Waals surface area (Å²) < 4.78 is 14.7. The van der Waals surface area contributed by atoms with E-state index in [1.807, 2.05) is 18.4 Å². The molecule has 20 heavy (non-hydrogen) atoms. The Labute approximate surface area is 125 Å². The van der Waals surface area contributed by atoms with E-state index in [9.17, 15) is 4.39 Å². The van der Waals surface area contributed by atoms with Crippen LogP contribution in [0, 0.1) is 5.82 Å². The molecule has 1 aliphatic heterocycles. The van der Waals surface area contributed by atoms with Crippen LogP contribution < -0.4 is 9.80 Å². The molecule has 0 unspecified atom stereocenters. The van der Waals surface area contributed by atoms with E-state index in [2.05, 4.69) is 20.0 Å². The van der Waals surface area contributed by atoms with E-state index < -0.39 is 0 Å². The van der Waals surface area contributed by atoms with E-state index in [4.69, 9.17) is 0 Å². The van der Waals surface area contributed by atoms with E-state index >= 15 is 0 Å². The monoisotopic (exact) mass is 310 g/mol. The molecular weight excluding hydrogens is 295 g/mol. The van der Waals surface area contributed by atoms with Crippen molar-refractivity contribution in [1.82, 2.24) is 10.2 Å². The Kier molecular flexibility index (Phi) is 4.07.